The fraction of sp³-hybridized carbons (Fsp3) is 0. The number of rotatable bonds is 3. The molecule has 0 bridgehead atoms. The van der Waals surface area contributed by atoms with E-state index in [1.807, 2.05) is 5.43 Å². The molecule has 0 atom stereocenters. The molecule has 0 saturated carbocycles. The van der Waals surface area contributed by atoms with Crippen LogP contribution in [0, 0.1) is 11.6 Å². The van der Waals surface area contributed by atoms with Crippen molar-refractivity contribution >= 4 is 28.3 Å². The number of anilines is 2. The van der Waals surface area contributed by atoms with Gasteiger partial charge in [-0.2, -0.15) is 0 Å². The molecule has 0 unspecified atom stereocenters. The van der Waals surface area contributed by atoms with Crippen LogP contribution in [0.3, 0.4) is 0 Å². The number of nitrogens with one attached hydrogen (secondary N) is 2. The first-order chi connectivity index (χ1) is 8.61. The fourth-order valence-electron chi connectivity index (χ4n) is 1.19. The zero-order chi connectivity index (χ0) is 13.1. The van der Waals surface area contributed by atoms with Crippen molar-refractivity contribution in [2.24, 2.45) is 5.84 Å². The summed E-state index contributed by atoms with van der Waals surface area (Å²) in [7, 11) is 0. The third-order valence-electron chi connectivity index (χ3n) is 1.97. The van der Waals surface area contributed by atoms with Crippen LogP contribution in [0.5, 0.6) is 0 Å². The molecule has 4 N–H and O–H groups in total. The molecule has 1 aromatic heterocycles. The lowest BCUT2D eigenvalue weighted by Gasteiger charge is -2.06. The van der Waals surface area contributed by atoms with Crippen molar-refractivity contribution in [3.63, 3.8) is 0 Å². The van der Waals surface area contributed by atoms with E-state index in [1.54, 1.807) is 0 Å². The summed E-state index contributed by atoms with van der Waals surface area (Å²) in [4.78, 5) is 11.6. The first kappa shape index (κ1) is 12.3. The summed E-state index contributed by atoms with van der Waals surface area (Å²) >= 11 is 0.838. The summed E-state index contributed by atoms with van der Waals surface area (Å²) in [5.74, 6) is 2.26. The lowest BCUT2D eigenvalue weighted by Crippen LogP contribution is -2.15. The summed E-state index contributed by atoms with van der Waals surface area (Å²) < 4.78 is 30.1. The molecule has 0 spiro atoms. The fourth-order valence-corrected chi connectivity index (χ4v) is 1.56. The van der Waals surface area contributed by atoms with E-state index in [0.717, 1.165) is 23.7 Å². The predicted molar refractivity (Wildman–Crippen MR) is 59.8 cm³/mol. The maximum absolute atomic E-state index is 13.4. The van der Waals surface area contributed by atoms with Gasteiger partial charge in [0.15, 0.2) is 11.6 Å². The maximum atomic E-state index is 13.4. The Morgan fingerprint density at radius 3 is 2.50 bits per heavy atom. The predicted octanol–water partition coefficient (Wildman–Crippen LogP) is 0.749. The molecule has 94 valence electrons. The molecular formula is C8H6F2N6OS. The second-order valence-electron chi connectivity index (χ2n) is 3.08. The Morgan fingerprint density at radius 2 is 2.00 bits per heavy atom. The molecule has 1 amide bonds. The van der Waals surface area contributed by atoms with E-state index in [9.17, 15) is 13.6 Å². The first-order valence-electron chi connectivity index (χ1n) is 4.54. The van der Waals surface area contributed by atoms with Gasteiger partial charge in [0, 0.05) is 17.1 Å². The number of hydrogen-bond acceptors (Lipinski definition) is 7. The molecule has 7 nitrogen and oxygen atoms in total. The lowest BCUT2D eigenvalue weighted by molar-refractivity contribution is 0.102. The monoisotopic (exact) mass is 272 g/mol. The number of aromatic nitrogens is 3. The molecule has 0 radical (unpaired) electrons. The van der Waals surface area contributed by atoms with E-state index in [0.29, 0.717) is 0 Å². The van der Waals surface area contributed by atoms with E-state index < -0.39 is 23.2 Å². The number of nitrogens with zero attached hydrogens (tertiary/aromatic N) is 3. The number of carbonyl (C=O) groups is 1. The number of halogens is 2. The van der Waals surface area contributed by atoms with Gasteiger partial charge in [-0.1, -0.05) is 9.59 Å². The van der Waals surface area contributed by atoms with Crippen molar-refractivity contribution in [2.45, 2.75) is 0 Å². The standard InChI is InChI=1S/C8H6F2N6OS/c9-4-1-3(2-5(10)6(4)13-11)7(17)12-8-14-15-16-18-8/h1-2,13H,11H2,(H,12,14,16,17). The second kappa shape index (κ2) is 4.98. The van der Waals surface area contributed by atoms with E-state index in [1.165, 1.54) is 0 Å². The topological polar surface area (TPSA) is 106 Å². The Balaban J connectivity index is 2.26. The normalized spacial score (nSPS) is 10.2. The number of carbonyl (C=O) groups excluding carboxylic acids is 1. The van der Waals surface area contributed by atoms with Gasteiger partial charge >= 0.3 is 0 Å². The van der Waals surface area contributed by atoms with Crippen LogP contribution in [0.2, 0.25) is 0 Å². The van der Waals surface area contributed by atoms with Gasteiger partial charge < -0.3 is 5.43 Å². The van der Waals surface area contributed by atoms with E-state index >= 15 is 0 Å². The molecule has 0 aliphatic heterocycles. The van der Waals surface area contributed by atoms with Crippen LogP contribution in [0.1, 0.15) is 10.4 Å². The van der Waals surface area contributed by atoms with E-state index in [4.69, 9.17) is 5.84 Å². The van der Waals surface area contributed by atoms with Gasteiger partial charge in [0.2, 0.25) is 5.13 Å². The third-order valence-corrected chi connectivity index (χ3v) is 2.48. The van der Waals surface area contributed by atoms with Crippen molar-refractivity contribution < 1.29 is 13.6 Å². The van der Waals surface area contributed by atoms with Crippen molar-refractivity contribution in [3.05, 3.63) is 29.3 Å². The minimum Gasteiger partial charge on any atom is -0.319 e. The van der Waals surface area contributed by atoms with Gasteiger partial charge in [0.25, 0.3) is 5.91 Å². The van der Waals surface area contributed by atoms with Gasteiger partial charge in [0.05, 0.1) is 0 Å². The van der Waals surface area contributed by atoms with Crippen LogP contribution in [-0.4, -0.2) is 20.7 Å². The third kappa shape index (κ3) is 2.38. The number of hydrogen-bond donors (Lipinski definition) is 3. The van der Waals surface area contributed by atoms with E-state index in [-0.39, 0.29) is 10.7 Å². The molecule has 18 heavy (non-hydrogen) atoms. The molecule has 0 aliphatic carbocycles. The van der Waals surface area contributed by atoms with Crippen molar-refractivity contribution in [1.29, 1.82) is 0 Å². The molecule has 10 heteroatoms. The van der Waals surface area contributed by atoms with Crippen LogP contribution in [0.15, 0.2) is 12.1 Å². The van der Waals surface area contributed by atoms with Crippen LogP contribution in [-0.2, 0) is 0 Å². The largest absolute Gasteiger partial charge is 0.319 e. The molecule has 0 aliphatic rings. The quantitative estimate of drug-likeness (QED) is 0.562. The Kier molecular flexibility index (Phi) is 3.39. The molecule has 1 aromatic carbocycles. The summed E-state index contributed by atoms with van der Waals surface area (Å²) in [5, 5.41) is 9.14. The highest BCUT2D eigenvalue weighted by atomic mass is 32.1. The highest BCUT2D eigenvalue weighted by Crippen LogP contribution is 2.20. The average molecular weight is 272 g/mol. The molecule has 0 saturated heterocycles. The molecule has 2 aromatic rings. The molecule has 2 rings (SSSR count). The van der Waals surface area contributed by atoms with Crippen LogP contribution in [0.25, 0.3) is 0 Å². The van der Waals surface area contributed by atoms with Gasteiger partial charge in [-0.15, -0.1) is 0 Å². The Labute approximate surface area is 103 Å². The zero-order valence-electron chi connectivity index (χ0n) is 8.65. The second-order valence-corrected chi connectivity index (χ2v) is 3.81. The maximum Gasteiger partial charge on any atom is 0.257 e. The summed E-state index contributed by atoms with van der Waals surface area (Å²) in [6.45, 7) is 0. The van der Waals surface area contributed by atoms with Gasteiger partial charge in [0.1, 0.15) is 5.69 Å². The minimum absolute atomic E-state index is 0.127. The number of hydrazine groups is 1. The number of nitrogen functional groups attached to an aromatic ring is 1. The van der Waals surface area contributed by atoms with Crippen molar-refractivity contribution in [3.8, 4) is 0 Å². The Morgan fingerprint density at radius 1 is 1.33 bits per heavy atom. The first-order valence-corrected chi connectivity index (χ1v) is 5.31. The van der Waals surface area contributed by atoms with Gasteiger partial charge in [-0.05, 0) is 17.3 Å². The van der Waals surface area contributed by atoms with E-state index in [2.05, 4.69) is 20.1 Å². The van der Waals surface area contributed by atoms with Gasteiger partial charge in [-0.25, -0.2) is 8.78 Å². The van der Waals surface area contributed by atoms with Crippen molar-refractivity contribution in [1.82, 2.24) is 14.8 Å². The lowest BCUT2D eigenvalue weighted by atomic mass is 10.1. The summed E-state index contributed by atoms with van der Waals surface area (Å²) in [5.41, 5.74) is 1.14. The van der Waals surface area contributed by atoms with Crippen molar-refractivity contribution in [2.75, 3.05) is 10.7 Å². The summed E-state index contributed by atoms with van der Waals surface area (Å²) in [6.07, 6.45) is 0. The van der Waals surface area contributed by atoms with Gasteiger partial charge in [-0.3, -0.25) is 16.0 Å². The number of benzene rings is 1. The Bertz CT molecular complexity index is 552. The molecule has 0 fully saturated rings. The number of nitrogens with two attached hydrogens (primary N) is 1. The highest BCUT2D eigenvalue weighted by Gasteiger charge is 2.15. The minimum atomic E-state index is -0.974. The Hall–Kier alpha value is -2.20. The molecule has 1 heterocycles. The average Bonchev–Trinajstić information content (AvgIpc) is 2.81. The SMILES string of the molecule is NNc1c(F)cc(C(=O)Nc2nnns2)cc1F. The smallest absolute Gasteiger partial charge is 0.257 e. The molecular weight excluding hydrogens is 266 g/mol. The highest BCUT2D eigenvalue weighted by molar-refractivity contribution is 7.09. The van der Waals surface area contributed by atoms with Crippen LogP contribution >= 0.6 is 11.5 Å². The van der Waals surface area contributed by atoms with Crippen LogP contribution in [0.4, 0.5) is 19.6 Å². The zero-order valence-corrected chi connectivity index (χ0v) is 9.46. The summed E-state index contributed by atoms with van der Waals surface area (Å²) in [6, 6.07) is 1.70. The van der Waals surface area contributed by atoms with Crippen LogP contribution < -0.4 is 16.6 Å². The number of amides is 1.